The van der Waals surface area contributed by atoms with E-state index in [9.17, 15) is 0 Å². The highest BCUT2D eigenvalue weighted by Crippen LogP contribution is 2.02. The van der Waals surface area contributed by atoms with Crippen molar-refractivity contribution < 1.29 is 8.85 Å². The molecule has 0 rings (SSSR count). The lowest BCUT2D eigenvalue weighted by molar-refractivity contribution is 0.0723. The monoisotopic (exact) mass is 102 g/mol. The number of nitrogens with zero attached hydrogens (tertiary/aromatic N) is 1. The van der Waals surface area contributed by atoms with Gasteiger partial charge < -0.3 is 4.74 Å². The van der Waals surface area contributed by atoms with Crippen molar-refractivity contribution in [2.75, 3.05) is 7.11 Å². The fraction of sp³-hybridized carbons (Fsp3) is 0.800. The Morgan fingerprint density at radius 3 is 2.57 bits per heavy atom. The highest BCUT2D eigenvalue weighted by Gasteiger charge is 2.12. The number of nitriles is 1. The summed E-state index contributed by atoms with van der Waals surface area (Å²) >= 11 is 0. The van der Waals surface area contributed by atoms with Crippen LogP contribution in [0.15, 0.2) is 0 Å². The van der Waals surface area contributed by atoms with Gasteiger partial charge in [0.15, 0.2) is 0 Å². The molecule has 0 heterocycles. The summed E-state index contributed by atoms with van der Waals surface area (Å²) < 4.78 is 25.1. The minimum Gasteiger partial charge on any atom is -0.364 e. The van der Waals surface area contributed by atoms with Crippen molar-refractivity contribution in [1.29, 1.82) is 5.26 Å². The van der Waals surface area contributed by atoms with Crippen LogP contribution in [0, 0.1) is 11.3 Å². The maximum Gasteiger partial charge on any atom is 0.148 e. The highest BCUT2D eigenvalue weighted by atomic mass is 16.5. The molecule has 0 spiro atoms. The van der Waals surface area contributed by atoms with Gasteiger partial charge in [0.1, 0.15) is 5.60 Å². The molecule has 1 atom stereocenters. The van der Waals surface area contributed by atoms with Gasteiger partial charge in [0, 0.05) is 11.2 Å². The summed E-state index contributed by atoms with van der Waals surface area (Å²) in [6.45, 7) is -1.14. The van der Waals surface area contributed by atoms with Crippen molar-refractivity contribution in [3.05, 3.63) is 0 Å². The van der Waals surface area contributed by atoms with Crippen molar-refractivity contribution in [2.45, 2.75) is 19.4 Å². The molecule has 40 valence electrons. The Morgan fingerprint density at radius 1 is 2.00 bits per heavy atom. The quantitative estimate of drug-likeness (QED) is 0.493. The van der Waals surface area contributed by atoms with Gasteiger partial charge >= 0.3 is 0 Å². The van der Waals surface area contributed by atoms with E-state index in [-0.39, 0.29) is 0 Å². The van der Waals surface area contributed by atoms with Gasteiger partial charge in [-0.1, -0.05) is 0 Å². The molecule has 0 aromatic rings. The number of hydrogen-bond donors (Lipinski definition) is 0. The summed E-state index contributed by atoms with van der Waals surface area (Å²) in [5.41, 5.74) is -1.67. The van der Waals surface area contributed by atoms with E-state index in [2.05, 4.69) is 4.74 Å². The van der Waals surface area contributed by atoms with Crippen LogP contribution in [0.5, 0.6) is 0 Å². The Kier molecular flexibility index (Phi) is 0.745. The largest absolute Gasteiger partial charge is 0.364 e. The molecule has 0 bridgehead atoms. The molecule has 2 heteroatoms. The standard InChI is InChI=1S/C5H9NO/c1-5(2,4-6)7-3/h1-3H3/i1D3. The molecule has 7 heavy (non-hydrogen) atoms. The number of rotatable bonds is 1. The molecule has 0 aliphatic carbocycles. The van der Waals surface area contributed by atoms with Gasteiger partial charge in [-0.2, -0.15) is 5.26 Å². The maximum atomic E-state index is 8.39. The molecule has 0 saturated heterocycles. The smallest absolute Gasteiger partial charge is 0.148 e. The van der Waals surface area contributed by atoms with E-state index < -0.39 is 12.5 Å². The summed E-state index contributed by atoms with van der Waals surface area (Å²) in [5, 5.41) is 8.39. The molecule has 0 saturated carbocycles. The average Bonchev–Trinajstić information content (AvgIpc) is 1.84. The Morgan fingerprint density at radius 2 is 2.57 bits per heavy atom. The number of ether oxygens (including phenoxy) is 1. The fourth-order valence-corrected chi connectivity index (χ4v) is 0.0456. The van der Waals surface area contributed by atoms with Crippen molar-refractivity contribution in [2.24, 2.45) is 0 Å². The predicted octanol–water partition coefficient (Wildman–Crippen LogP) is 0.935. The summed E-state index contributed by atoms with van der Waals surface area (Å²) in [4.78, 5) is 0. The second kappa shape index (κ2) is 1.94. The highest BCUT2D eigenvalue weighted by molar-refractivity contribution is 4.93. The molecule has 0 amide bonds. The third kappa shape index (κ3) is 2.18. The Bertz CT molecular complexity index is 159. The maximum absolute atomic E-state index is 8.39. The lowest BCUT2D eigenvalue weighted by Gasteiger charge is -2.10. The van der Waals surface area contributed by atoms with E-state index in [1.54, 1.807) is 6.07 Å². The third-order valence-corrected chi connectivity index (χ3v) is 0.622. The molecule has 0 aromatic carbocycles. The SMILES string of the molecule is [2H]C([2H])([2H])C(C)(C#N)OC. The molecular formula is C5H9NO. The first kappa shape index (κ1) is 2.68. The van der Waals surface area contributed by atoms with Crippen molar-refractivity contribution in [3.63, 3.8) is 0 Å². The van der Waals surface area contributed by atoms with Crippen LogP contribution in [0.4, 0.5) is 0 Å². The molecule has 0 fully saturated rings. The second-order valence-electron chi connectivity index (χ2n) is 1.35. The fourth-order valence-electron chi connectivity index (χ4n) is 0.0456. The van der Waals surface area contributed by atoms with E-state index in [1.807, 2.05) is 0 Å². The van der Waals surface area contributed by atoms with Crippen molar-refractivity contribution in [1.82, 2.24) is 0 Å². The van der Waals surface area contributed by atoms with Crippen LogP contribution in [0.1, 0.15) is 17.9 Å². The molecule has 1 unspecified atom stereocenters. The van der Waals surface area contributed by atoms with Gasteiger partial charge in [0.05, 0.1) is 6.07 Å². The first-order valence-corrected chi connectivity index (χ1v) is 1.84. The molecule has 0 N–H and O–H groups in total. The zero-order valence-electron chi connectivity index (χ0n) is 7.36. The van der Waals surface area contributed by atoms with Crippen molar-refractivity contribution in [3.8, 4) is 6.07 Å². The second-order valence-corrected chi connectivity index (χ2v) is 1.35. The third-order valence-electron chi connectivity index (χ3n) is 0.622. The van der Waals surface area contributed by atoms with Crippen LogP contribution in [0.2, 0.25) is 0 Å². The average molecular weight is 102 g/mol. The van der Waals surface area contributed by atoms with Crippen LogP contribution in [-0.4, -0.2) is 12.7 Å². The van der Waals surface area contributed by atoms with E-state index in [4.69, 9.17) is 9.37 Å². The molecule has 2 nitrogen and oxygen atoms in total. The molecule has 0 radical (unpaired) electrons. The van der Waals surface area contributed by atoms with E-state index in [0.29, 0.717) is 0 Å². The Labute approximate surface area is 47.9 Å². The zero-order valence-corrected chi connectivity index (χ0v) is 4.36. The summed E-state index contributed by atoms with van der Waals surface area (Å²) in [6, 6.07) is 1.58. The summed E-state index contributed by atoms with van der Waals surface area (Å²) in [6.07, 6.45) is 0. The summed E-state index contributed by atoms with van der Waals surface area (Å²) in [5.74, 6) is 0. The van der Waals surface area contributed by atoms with Crippen LogP contribution in [-0.2, 0) is 4.74 Å². The normalized spacial score (nSPS) is 25.6. The van der Waals surface area contributed by atoms with Gasteiger partial charge in [0.25, 0.3) is 0 Å². The first-order chi connectivity index (χ1) is 4.37. The Balaban J connectivity index is 4.54. The molecule has 0 aliphatic heterocycles. The van der Waals surface area contributed by atoms with Gasteiger partial charge in [0.2, 0.25) is 0 Å². The van der Waals surface area contributed by atoms with Gasteiger partial charge in [-0.3, -0.25) is 0 Å². The van der Waals surface area contributed by atoms with E-state index in [0.717, 1.165) is 0 Å². The Hall–Kier alpha value is -0.550. The first-order valence-electron chi connectivity index (χ1n) is 3.34. The lowest BCUT2D eigenvalue weighted by Crippen LogP contribution is -2.18. The van der Waals surface area contributed by atoms with Crippen LogP contribution in [0.3, 0.4) is 0 Å². The molecule has 0 aliphatic rings. The number of hydrogen-bond acceptors (Lipinski definition) is 2. The van der Waals surface area contributed by atoms with Crippen LogP contribution < -0.4 is 0 Å². The topological polar surface area (TPSA) is 33.0 Å². The molecule has 0 aromatic heterocycles. The van der Waals surface area contributed by atoms with Crippen LogP contribution >= 0.6 is 0 Å². The van der Waals surface area contributed by atoms with Gasteiger partial charge in [-0.15, -0.1) is 0 Å². The van der Waals surface area contributed by atoms with E-state index >= 15 is 0 Å². The van der Waals surface area contributed by atoms with E-state index in [1.165, 1.54) is 14.0 Å². The zero-order chi connectivity index (χ0) is 8.41. The van der Waals surface area contributed by atoms with Crippen molar-refractivity contribution >= 4 is 0 Å². The molecular weight excluding hydrogens is 90.1 g/mol. The predicted molar refractivity (Wildman–Crippen MR) is 26.7 cm³/mol. The lowest BCUT2D eigenvalue weighted by atomic mass is 10.2. The number of methoxy groups -OCH3 is 1. The van der Waals surface area contributed by atoms with Crippen LogP contribution in [0.25, 0.3) is 0 Å². The summed E-state index contributed by atoms with van der Waals surface area (Å²) in [7, 11) is 1.20. The minimum atomic E-state index is -2.38. The minimum absolute atomic E-state index is 1.20. The van der Waals surface area contributed by atoms with Gasteiger partial charge in [-0.05, 0) is 13.8 Å². The van der Waals surface area contributed by atoms with Gasteiger partial charge in [-0.25, -0.2) is 0 Å².